The second kappa shape index (κ2) is 18.8. The molecule has 2 aliphatic rings. The van der Waals surface area contributed by atoms with Crippen molar-refractivity contribution in [1.82, 2.24) is 0 Å². The molecule has 2 atom stereocenters. The fourth-order valence-corrected chi connectivity index (χ4v) is 11.2. The number of rotatable bonds is 13. The first-order valence-electron chi connectivity index (χ1n) is 23.5. The van der Waals surface area contributed by atoms with Gasteiger partial charge in [-0.15, -0.1) is 11.3 Å². The maximum absolute atomic E-state index is 4.64. The summed E-state index contributed by atoms with van der Waals surface area (Å²) in [6.07, 6.45) is 13.1. The number of allylic oxidation sites excluding steroid dienone is 12. The quantitative estimate of drug-likeness (QED) is 0.101. The third-order valence-electron chi connectivity index (χ3n) is 14.0. The normalized spacial score (nSPS) is 15.6. The lowest BCUT2D eigenvalue weighted by molar-refractivity contribution is 0.580. The van der Waals surface area contributed by atoms with Gasteiger partial charge in [-0.1, -0.05) is 203 Å². The van der Waals surface area contributed by atoms with E-state index in [0.717, 1.165) is 36.8 Å². The van der Waals surface area contributed by atoms with Crippen molar-refractivity contribution >= 4 is 53.8 Å². The van der Waals surface area contributed by atoms with E-state index in [1.165, 1.54) is 104 Å². The van der Waals surface area contributed by atoms with Crippen LogP contribution in [0.1, 0.15) is 80.2 Å². The van der Waals surface area contributed by atoms with Crippen LogP contribution < -0.4 is 0 Å². The van der Waals surface area contributed by atoms with E-state index in [-0.39, 0.29) is 0 Å². The molecule has 0 bridgehead atoms. The SMILES string of the molecule is C=C(C1=CC=CCC1)C1=C(c2ccc(-c3ccc4sc5ccc(-c6ccc(C(C)CC(C)/C(=C\C(=C)c7ccccc7)c7ccccc7)cc6)cc5c4c3)cc2)/C(=C(\C)c2ccccc2)C1. The number of hydrogen-bond acceptors (Lipinski definition) is 1. The van der Waals surface area contributed by atoms with E-state index >= 15 is 0 Å². The minimum atomic E-state index is 0.347. The van der Waals surface area contributed by atoms with Crippen molar-refractivity contribution in [3.8, 4) is 22.3 Å². The van der Waals surface area contributed by atoms with Crippen molar-refractivity contribution in [1.29, 1.82) is 0 Å². The molecule has 2 unspecified atom stereocenters. The van der Waals surface area contributed by atoms with E-state index in [1.54, 1.807) is 0 Å². The van der Waals surface area contributed by atoms with E-state index in [0.29, 0.717) is 11.8 Å². The fourth-order valence-electron chi connectivity index (χ4n) is 10.1. The summed E-state index contributed by atoms with van der Waals surface area (Å²) in [4.78, 5) is 0. The van der Waals surface area contributed by atoms with E-state index in [1.807, 2.05) is 11.3 Å². The van der Waals surface area contributed by atoms with Gasteiger partial charge in [0.2, 0.25) is 0 Å². The smallest absolute Gasteiger partial charge is 0.0355 e. The number of fused-ring (bicyclic) bond motifs is 3. The molecule has 1 heteroatoms. The molecule has 0 fully saturated rings. The summed E-state index contributed by atoms with van der Waals surface area (Å²) < 4.78 is 2.64. The molecule has 1 heterocycles. The zero-order valence-electron chi connectivity index (χ0n) is 38.4. The van der Waals surface area contributed by atoms with Crippen LogP contribution in [-0.2, 0) is 0 Å². The number of benzene rings is 7. The summed E-state index contributed by atoms with van der Waals surface area (Å²) in [6.45, 7) is 16.1. The summed E-state index contributed by atoms with van der Waals surface area (Å²) in [5.41, 5.74) is 21.7. The predicted molar refractivity (Wildman–Crippen MR) is 288 cm³/mol. The molecule has 66 heavy (non-hydrogen) atoms. The van der Waals surface area contributed by atoms with Crippen LogP contribution in [0.3, 0.4) is 0 Å². The van der Waals surface area contributed by atoms with Gasteiger partial charge in [0.1, 0.15) is 0 Å². The van der Waals surface area contributed by atoms with Gasteiger partial charge in [-0.25, -0.2) is 0 Å². The monoisotopic (exact) mass is 868 g/mol. The largest absolute Gasteiger partial charge is 0.135 e. The second-order valence-electron chi connectivity index (χ2n) is 18.3. The highest BCUT2D eigenvalue weighted by atomic mass is 32.1. The van der Waals surface area contributed by atoms with Crippen LogP contribution in [0.4, 0.5) is 0 Å². The van der Waals surface area contributed by atoms with Crippen molar-refractivity contribution < 1.29 is 0 Å². The molecular weight excluding hydrogens is 813 g/mol. The molecule has 7 aromatic carbocycles. The van der Waals surface area contributed by atoms with Gasteiger partial charge >= 0.3 is 0 Å². The second-order valence-corrected chi connectivity index (χ2v) is 19.3. The molecular formula is C65H56S. The van der Waals surface area contributed by atoms with Crippen molar-refractivity contribution in [2.45, 2.75) is 52.4 Å². The highest BCUT2D eigenvalue weighted by molar-refractivity contribution is 7.25. The van der Waals surface area contributed by atoms with E-state index in [4.69, 9.17) is 0 Å². The van der Waals surface area contributed by atoms with Crippen molar-refractivity contribution in [2.24, 2.45) is 5.92 Å². The molecule has 0 N–H and O–H groups in total. The topological polar surface area (TPSA) is 0 Å². The summed E-state index contributed by atoms with van der Waals surface area (Å²) >= 11 is 1.88. The molecule has 2 aliphatic carbocycles. The molecule has 0 saturated heterocycles. The lowest BCUT2D eigenvalue weighted by Gasteiger charge is -2.33. The molecule has 1 aromatic heterocycles. The van der Waals surface area contributed by atoms with E-state index in [9.17, 15) is 0 Å². The number of thiophene rings is 1. The number of hydrogen-bond donors (Lipinski definition) is 0. The van der Waals surface area contributed by atoms with E-state index < -0.39 is 0 Å². The minimum absolute atomic E-state index is 0.347. The molecule has 10 rings (SSSR count). The third-order valence-corrected chi connectivity index (χ3v) is 15.1. The zero-order valence-corrected chi connectivity index (χ0v) is 39.2. The summed E-state index contributed by atoms with van der Waals surface area (Å²) in [7, 11) is 0. The first-order chi connectivity index (χ1) is 32.3. The Hall–Kier alpha value is -7.06. The van der Waals surface area contributed by atoms with Crippen molar-refractivity contribution in [2.75, 3.05) is 0 Å². The maximum Gasteiger partial charge on any atom is 0.0355 e. The lowest BCUT2D eigenvalue weighted by Crippen LogP contribution is -2.13. The Kier molecular flexibility index (Phi) is 12.2. The summed E-state index contributed by atoms with van der Waals surface area (Å²) in [5, 5.41) is 2.63. The van der Waals surface area contributed by atoms with Crippen LogP contribution in [0.15, 0.2) is 236 Å². The first kappa shape index (κ1) is 42.9. The Morgan fingerprint density at radius 3 is 1.71 bits per heavy atom. The average Bonchev–Trinajstić information content (AvgIpc) is 3.74. The van der Waals surface area contributed by atoms with Gasteiger partial charge in [0, 0.05) is 20.2 Å². The van der Waals surface area contributed by atoms with Crippen molar-refractivity contribution in [3.05, 3.63) is 263 Å². The van der Waals surface area contributed by atoms with Gasteiger partial charge in [0.05, 0.1) is 0 Å². The Morgan fingerprint density at radius 1 is 0.606 bits per heavy atom. The van der Waals surface area contributed by atoms with E-state index in [2.05, 4.69) is 234 Å². The van der Waals surface area contributed by atoms with Crippen LogP contribution in [0, 0.1) is 5.92 Å². The van der Waals surface area contributed by atoms with Gasteiger partial charge in [-0.3, -0.25) is 0 Å². The van der Waals surface area contributed by atoms with Crippen LogP contribution in [-0.4, -0.2) is 0 Å². The Bertz CT molecular complexity index is 3250. The van der Waals surface area contributed by atoms with Crippen LogP contribution in [0.25, 0.3) is 64.7 Å². The maximum atomic E-state index is 4.64. The van der Waals surface area contributed by atoms with Gasteiger partial charge < -0.3 is 0 Å². The highest BCUT2D eigenvalue weighted by Gasteiger charge is 2.30. The summed E-state index contributed by atoms with van der Waals surface area (Å²) in [5.74, 6) is 0.738. The Labute approximate surface area is 395 Å². The average molecular weight is 869 g/mol. The fraction of sp³-hybridized carbons (Fsp3) is 0.138. The molecule has 0 nitrogen and oxygen atoms in total. The highest BCUT2D eigenvalue weighted by Crippen LogP contribution is 2.50. The zero-order chi connectivity index (χ0) is 45.1. The standard InChI is InChI=1S/C65H56S/c1-43(38-45(3)58(54-24-16-9-17-25-54)39-44(2)48-18-10-6-11-19-48)49-26-28-52(29-27-49)56-34-36-63-61(40-56)62-41-57(35-37-64(62)66-63)53-30-32-55(33-31-53)65-59(46(4)50-20-12-7-13-21-50)42-60(65)47(5)51-22-14-8-15-23-51/h6-12,14-20,22-37,39-41,43,45H,2,4,13,21,38,42H2,1,3,5H3/b58-39+,60-47+. The van der Waals surface area contributed by atoms with Crippen LogP contribution in [0.2, 0.25) is 0 Å². The molecule has 0 radical (unpaired) electrons. The molecule has 0 amide bonds. The van der Waals surface area contributed by atoms with Gasteiger partial charge in [-0.2, -0.15) is 0 Å². The van der Waals surface area contributed by atoms with Gasteiger partial charge in [0.15, 0.2) is 0 Å². The summed E-state index contributed by atoms with van der Waals surface area (Å²) in [6, 6.07) is 64.7. The molecule has 0 aliphatic heterocycles. The van der Waals surface area contributed by atoms with Gasteiger partial charge in [-0.05, 0) is 163 Å². The van der Waals surface area contributed by atoms with Crippen molar-refractivity contribution in [3.63, 3.8) is 0 Å². The predicted octanol–water partition coefficient (Wildman–Crippen LogP) is 18.8. The van der Waals surface area contributed by atoms with Crippen LogP contribution >= 0.6 is 11.3 Å². The molecule has 322 valence electrons. The molecule has 8 aromatic rings. The van der Waals surface area contributed by atoms with Gasteiger partial charge in [0.25, 0.3) is 0 Å². The first-order valence-corrected chi connectivity index (χ1v) is 24.3. The van der Waals surface area contributed by atoms with Crippen LogP contribution in [0.5, 0.6) is 0 Å². The minimum Gasteiger partial charge on any atom is -0.135 e. The molecule has 0 saturated carbocycles. The lowest BCUT2D eigenvalue weighted by atomic mass is 9.71. The Balaban J connectivity index is 0.896. The third kappa shape index (κ3) is 8.72. The Morgan fingerprint density at radius 2 is 1.14 bits per heavy atom. The molecule has 0 spiro atoms.